The van der Waals surface area contributed by atoms with Gasteiger partial charge in [-0.2, -0.15) is 0 Å². The second-order valence-electron chi connectivity index (χ2n) is 10.7. The topological polar surface area (TPSA) is 57.2 Å². The second-order valence-corrected chi connectivity index (χ2v) is 12.4. The van der Waals surface area contributed by atoms with Crippen LogP contribution in [0.5, 0.6) is 11.5 Å². The summed E-state index contributed by atoms with van der Waals surface area (Å²) in [7, 11) is 0. The average molecular weight is 692 g/mol. The molecule has 0 atom stereocenters. The molecule has 230 valence electrons. The van der Waals surface area contributed by atoms with E-state index in [0.717, 1.165) is 21.8 Å². The Bertz CT molecular complexity index is 754. The minimum absolute atomic E-state index is 0.195. The number of rotatable bonds is 16. The molecule has 0 saturated heterocycles. The lowest BCUT2D eigenvalue weighted by atomic mass is 10.0. The van der Waals surface area contributed by atoms with Crippen LogP contribution >= 0.6 is 31.9 Å². The largest absolute Gasteiger partial charge is 0.487 e. The molecule has 1 aromatic rings. The van der Waals surface area contributed by atoms with Gasteiger partial charge in [0, 0.05) is 28.5 Å². The highest BCUT2D eigenvalue weighted by atomic mass is 79.9. The quantitative estimate of drug-likeness (QED) is 0.162. The molecular formula is C32H53Br2NO5. The van der Waals surface area contributed by atoms with Crippen LogP contribution in [-0.2, 0) is 14.3 Å². The number of fused-ring (bicyclic) bond motifs is 1. The molecule has 0 aliphatic carbocycles. The lowest BCUT2D eigenvalue weighted by Crippen LogP contribution is -2.37. The van der Waals surface area contributed by atoms with Crippen LogP contribution in [0, 0.1) is 0 Å². The Morgan fingerprint density at radius 2 is 1.02 bits per heavy atom. The molecule has 8 heteroatoms. The van der Waals surface area contributed by atoms with Crippen LogP contribution in [-0.4, -0.2) is 63.5 Å². The number of benzene rings is 1. The first kappa shape index (κ1) is 35.4. The third kappa shape index (κ3) is 16.6. The zero-order valence-corrected chi connectivity index (χ0v) is 28.0. The van der Waals surface area contributed by atoms with Crippen molar-refractivity contribution >= 4 is 37.8 Å². The summed E-state index contributed by atoms with van der Waals surface area (Å²) in [6, 6.07) is 3.77. The van der Waals surface area contributed by atoms with Crippen molar-refractivity contribution in [2.45, 2.75) is 110 Å². The fourth-order valence-electron chi connectivity index (χ4n) is 4.88. The highest BCUT2D eigenvalue weighted by Crippen LogP contribution is 2.36. The van der Waals surface area contributed by atoms with Crippen molar-refractivity contribution in [2.75, 3.05) is 52.7 Å². The van der Waals surface area contributed by atoms with Gasteiger partial charge in [0.05, 0.1) is 26.4 Å². The second kappa shape index (κ2) is 23.7. The predicted octanol–water partition coefficient (Wildman–Crippen LogP) is 9.11. The summed E-state index contributed by atoms with van der Waals surface area (Å²) in [5.74, 6) is 1.52. The van der Waals surface area contributed by atoms with Gasteiger partial charge in [0.2, 0.25) is 5.91 Å². The maximum atomic E-state index is 12.9. The summed E-state index contributed by atoms with van der Waals surface area (Å²) >= 11 is 7.02. The van der Waals surface area contributed by atoms with Crippen LogP contribution in [0.1, 0.15) is 110 Å². The Hall–Kier alpha value is -0.830. The molecule has 0 saturated carbocycles. The van der Waals surface area contributed by atoms with Gasteiger partial charge in [0.15, 0.2) is 11.5 Å². The van der Waals surface area contributed by atoms with E-state index in [9.17, 15) is 4.79 Å². The molecule has 0 bridgehead atoms. The number of amides is 1. The molecule has 1 aliphatic heterocycles. The molecule has 0 fully saturated rings. The lowest BCUT2D eigenvalue weighted by molar-refractivity contribution is -0.133. The molecule has 1 heterocycles. The van der Waals surface area contributed by atoms with E-state index in [4.69, 9.17) is 18.9 Å². The average Bonchev–Trinajstić information content (AvgIpc) is 2.95. The standard InChI is InChI=1S/C32H53Br2NO5/c1-2-3-4-5-6-7-8-9-10-11-12-13-14-15-16-17-32(36)35-18-20-37-22-24-39-30-26-28(33)29(34)27-31(30)40-25-23-38-21-19-35/h26-27H,2-25H2,1H3. The number of unbranched alkanes of at least 4 members (excludes halogenated alkanes) is 14. The summed E-state index contributed by atoms with van der Waals surface area (Å²) < 4.78 is 25.1. The molecule has 2 rings (SSSR count). The Labute approximate surface area is 260 Å². The van der Waals surface area contributed by atoms with Gasteiger partial charge < -0.3 is 23.8 Å². The van der Waals surface area contributed by atoms with Gasteiger partial charge in [0.1, 0.15) is 13.2 Å². The zero-order chi connectivity index (χ0) is 28.7. The fraction of sp³-hybridized carbons (Fsp3) is 0.781. The number of halogens is 2. The molecule has 0 radical (unpaired) electrons. The number of nitrogens with zero attached hydrogens (tertiary/aromatic N) is 1. The first-order valence-corrected chi connectivity index (χ1v) is 17.4. The zero-order valence-electron chi connectivity index (χ0n) is 24.9. The molecule has 0 spiro atoms. The molecule has 6 nitrogen and oxygen atoms in total. The minimum atomic E-state index is 0.195. The van der Waals surface area contributed by atoms with Crippen molar-refractivity contribution in [1.29, 1.82) is 0 Å². The molecule has 0 unspecified atom stereocenters. The van der Waals surface area contributed by atoms with Gasteiger partial charge in [0.25, 0.3) is 0 Å². The van der Waals surface area contributed by atoms with E-state index >= 15 is 0 Å². The van der Waals surface area contributed by atoms with E-state index in [1.165, 1.54) is 83.5 Å². The van der Waals surface area contributed by atoms with Crippen LogP contribution in [0.15, 0.2) is 21.1 Å². The van der Waals surface area contributed by atoms with E-state index in [1.807, 2.05) is 17.0 Å². The minimum Gasteiger partial charge on any atom is -0.487 e. The van der Waals surface area contributed by atoms with E-state index in [1.54, 1.807) is 0 Å². The first-order chi connectivity index (χ1) is 19.6. The van der Waals surface area contributed by atoms with E-state index in [2.05, 4.69) is 38.8 Å². The third-order valence-electron chi connectivity index (χ3n) is 7.32. The summed E-state index contributed by atoms with van der Waals surface area (Å²) in [6.07, 6.45) is 20.5. The smallest absolute Gasteiger partial charge is 0.222 e. The monoisotopic (exact) mass is 689 g/mol. The van der Waals surface area contributed by atoms with Crippen LogP contribution in [0.2, 0.25) is 0 Å². The Balaban J connectivity index is 1.55. The third-order valence-corrected chi connectivity index (χ3v) is 9.16. The lowest BCUT2D eigenvalue weighted by Gasteiger charge is -2.22. The van der Waals surface area contributed by atoms with Crippen LogP contribution in [0.4, 0.5) is 0 Å². The van der Waals surface area contributed by atoms with Crippen molar-refractivity contribution in [1.82, 2.24) is 4.90 Å². The summed E-state index contributed by atoms with van der Waals surface area (Å²) in [4.78, 5) is 14.8. The van der Waals surface area contributed by atoms with Crippen LogP contribution in [0.3, 0.4) is 0 Å². The summed E-state index contributed by atoms with van der Waals surface area (Å²) in [5.41, 5.74) is 0. The Morgan fingerprint density at radius 1 is 0.625 bits per heavy atom. The van der Waals surface area contributed by atoms with Gasteiger partial charge in [-0.25, -0.2) is 0 Å². The van der Waals surface area contributed by atoms with Gasteiger partial charge >= 0.3 is 0 Å². The highest BCUT2D eigenvalue weighted by molar-refractivity contribution is 9.13. The maximum Gasteiger partial charge on any atom is 0.222 e. The number of carbonyl (C=O) groups excluding carboxylic acids is 1. The number of ether oxygens (including phenoxy) is 4. The van der Waals surface area contributed by atoms with Crippen molar-refractivity contribution in [2.24, 2.45) is 0 Å². The molecular weight excluding hydrogens is 638 g/mol. The van der Waals surface area contributed by atoms with Crippen LogP contribution in [0.25, 0.3) is 0 Å². The van der Waals surface area contributed by atoms with E-state index < -0.39 is 0 Å². The maximum absolute atomic E-state index is 12.9. The van der Waals surface area contributed by atoms with Gasteiger partial charge in [-0.1, -0.05) is 96.8 Å². The number of hydrogen-bond acceptors (Lipinski definition) is 5. The van der Waals surface area contributed by atoms with E-state index in [-0.39, 0.29) is 5.91 Å². The molecule has 40 heavy (non-hydrogen) atoms. The highest BCUT2D eigenvalue weighted by Gasteiger charge is 2.14. The first-order valence-electron chi connectivity index (χ1n) is 15.8. The van der Waals surface area contributed by atoms with E-state index in [0.29, 0.717) is 70.7 Å². The van der Waals surface area contributed by atoms with Crippen molar-refractivity contribution in [3.05, 3.63) is 21.1 Å². The molecule has 1 aromatic carbocycles. The number of carbonyl (C=O) groups is 1. The normalized spacial score (nSPS) is 15.4. The summed E-state index contributed by atoms with van der Waals surface area (Å²) in [5, 5.41) is 0. The van der Waals surface area contributed by atoms with Gasteiger partial charge in [-0.05, 0) is 50.4 Å². The van der Waals surface area contributed by atoms with Crippen LogP contribution < -0.4 is 9.47 Å². The fourth-order valence-corrected chi connectivity index (χ4v) is 5.52. The predicted molar refractivity (Wildman–Crippen MR) is 171 cm³/mol. The van der Waals surface area contributed by atoms with Crippen molar-refractivity contribution in [3.63, 3.8) is 0 Å². The molecule has 0 aromatic heterocycles. The Morgan fingerprint density at radius 3 is 1.45 bits per heavy atom. The molecule has 1 amide bonds. The Kier molecular flexibility index (Phi) is 21.0. The van der Waals surface area contributed by atoms with Gasteiger partial charge in [-0.3, -0.25) is 4.79 Å². The molecule has 1 aliphatic rings. The van der Waals surface area contributed by atoms with Gasteiger partial charge in [-0.15, -0.1) is 0 Å². The van der Waals surface area contributed by atoms with Crippen molar-refractivity contribution in [3.8, 4) is 11.5 Å². The SMILES string of the molecule is CCCCCCCCCCCCCCCCCC(=O)N1CCOCCOc2cc(Br)c(Br)cc2OCCOCC1. The summed E-state index contributed by atoms with van der Waals surface area (Å²) in [6.45, 7) is 6.12. The number of hydrogen-bond donors (Lipinski definition) is 0. The van der Waals surface area contributed by atoms with Crippen molar-refractivity contribution < 1.29 is 23.7 Å². The molecule has 0 N–H and O–H groups in total.